The van der Waals surface area contributed by atoms with E-state index in [-0.39, 0.29) is 11.5 Å². The molecule has 2 aromatic heterocycles. The molecule has 0 saturated carbocycles. The highest BCUT2D eigenvalue weighted by Gasteiger charge is 2.20. The van der Waals surface area contributed by atoms with E-state index in [2.05, 4.69) is 16.9 Å². The largest absolute Gasteiger partial charge is 0.342 e. The Labute approximate surface area is 162 Å². The summed E-state index contributed by atoms with van der Waals surface area (Å²) in [6.45, 7) is 5.73. The molecule has 1 N–H and O–H groups in total. The van der Waals surface area contributed by atoms with E-state index in [9.17, 15) is 9.59 Å². The second kappa shape index (κ2) is 9.04. The first-order chi connectivity index (χ1) is 12.6. The minimum Gasteiger partial charge on any atom is -0.342 e. The number of nitrogens with one attached hydrogen (secondary N) is 1. The summed E-state index contributed by atoms with van der Waals surface area (Å²) in [7, 11) is 0. The number of thiophene rings is 1. The van der Waals surface area contributed by atoms with Crippen molar-refractivity contribution >= 4 is 39.2 Å². The fourth-order valence-corrected chi connectivity index (χ4v) is 5.48. The normalized spacial score (nSPS) is 13.8. The summed E-state index contributed by atoms with van der Waals surface area (Å²) >= 11 is 3.19. The molecule has 1 aliphatic carbocycles. The molecule has 2 heterocycles. The van der Waals surface area contributed by atoms with Crippen LogP contribution in [0.3, 0.4) is 0 Å². The van der Waals surface area contributed by atoms with Crippen LogP contribution in [-0.4, -0.2) is 39.6 Å². The van der Waals surface area contributed by atoms with Crippen LogP contribution in [0.25, 0.3) is 10.2 Å². The molecule has 0 aromatic carbocycles. The number of amides is 1. The fourth-order valence-electron chi connectivity index (χ4n) is 3.41. The van der Waals surface area contributed by atoms with Crippen LogP contribution < -0.4 is 5.56 Å². The lowest BCUT2D eigenvalue weighted by atomic mass is 9.97. The number of rotatable bonds is 8. The number of aromatic amines is 1. The average Bonchev–Trinajstić information content (AvgIpc) is 3.01. The number of H-pyrrole nitrogens is 1. The number of unbranched alkanes of at least 4 members (excludes halogenated alkanes) is 1. The first-order valence-electron chi connectivity index (χ1n) is 9.53. The van der Waals surface area contributed by atoms with Gasteiger partial charge in [0.15, 0.2) is 0 Å². The van der Waals surface area contributed by atoms with Crippen LogP contribution in [0, 0.1) is 0 Å². The maximum atomic E-state index is 12.5. The van der Waals surface area contributed by atoms with Crippen molar-refractivity contribution in [3.05, 3.63) is 26.6 Å². The van der Waals surface area contributed by atoms with E-state index in [0.29, 0.717) is 17.3 Å². The molecule has 3 rings (SSSR count). The molecule has 142 valence electrons. The molecule has 0 aliphatic heterocycles. The first-order valence-corrected chi connectivity index (χ1v) is 11.5. The summed E-state index contributed by atoms with van der Waals surface area (Å²) in [4.78, 5) is 36.5. The van der Waals surface area contributed by atoms with Crippen LogP contribution in [0.5, 0.6) is 0 Å². The maximum Gasteiger partial charge on any atom is 0.259 e. The molecule has 0 spiro atoms. The summed E-state index contributed by atoms with van der Waals surface area (Å²) in [6.07, 6.45) is 6.55. The third-order valence-electron chi connectivity index (χ3n) is 4.85. The van der Waals surface area contributed by atoms with Crippen LogP contribution in [0.1, 0.15) is 55.8 Å². The molecule has 26 heavy (non-hydrogen) atoms. The highest BCUT2D eigenvalue weighted by atomic mass is 32.2. The smallest absolute Gasteiger partial charge is 0.259 e. The van der Waals surface area contributed by atoms with E-state index in [1.165, 1.54) is 28.6 Å². The average molecular weight is 394 g/mol. The van der Waals surface area contributed by atoms with E-state index in [1.54, 1.807) is 11.3 Å². The fraction of sp³-hybridized carbons (Fsp3) is 0.632. The van der Waals surface area contributed by atoms with Crippen molar-refractivity contribution in [2.75, 3.05) is 18.8 Å². The predicted molar refractivity (Wildman–Crippen MR) is 110 cm³/mol. The van der Waals surface area contributed by atoms with Gasteiger partial charge < -0.3 is 9.88 Å². The zero-order valence-corrected chi connectivity index (χ0v) is 17.2. The molecule has 2 aromatic rings. The van der Waals surface area contributed by atoms with E-state index in [4.69, 9.17) is 0 Å². The van der Waals surface area contributed by atoms with Crippen LogP contribution in [-0.2, 0) is 23.4 Å². The number of carbonyl (C=O) groups excluding carboxylic acids is 1. The van der Waals surface area contributed by atoms with Gasteiger partial charge in [0.2, 0.25) is 5.91 Å². The highest BCUT2D eigenvalue weighted by molar-refractivity contribution is 7.99. The van der Waals surface area contributed by atoms with Crippen LogP contribution in [0.2, 0.25) is 0 Å². The van der Waals surface area contributed by atoms with E-state index < -0.39 is 0 Å². The van der Waals surface area contributed by atoms with Crippen LogP contribution in [0.15, 0.2) is 4.79 Å². The topological polar surface area (TPSA) is 66.1 Å². The molecular weight excluding hydrogens is 366 g/mol. The molecule has 1 amide bonds. The molecule has 0 atom stereocenters. The third kappa shape index (κ3) is 4.31. The molecule has 1 aliphatic rings. The van der Waals surface area contributed by atoms with Gasteiger partial charge in [-0.15, -0.1) is 23.1 Å². The Hall–Kier alpha value is -1.34. The lowest BCUT2D eigenvalue weighted by molar-refractivity contribution is -0.128. The quantitative estimate of drug-likeness (QED) is 0.742. The Morgan fingerprint density at radius 1 is 1.31 bits per heavy atom. The summed E-state index contributed by atoms with van der Waals surface area (Å²) < 4.78 is 0. The number of carbonyl (C=O) groups is 1. The van der Waals surface area contributed by atoms with E-state index in [1.807, 2.05) is 11.8 Å². The number of fused-ring (bicyclic) bond motifs is 3. The number of nitrogens with zero attached hydrogens (tertiary/aromatic N) is 2. The second-order valence-electron chi connectivity index (χ2n) is 6.72. The molecule has 0 saturated heterocycles. The second-order valence-corrected chi connectivity index (χ2v) is 8.79. The van der Waals surface area contributed by atoms with Crippen molar-refractivity contribution < 1.29 is 4.79 Å². The van der Waals surface area contributed by atoms with Crippen molar-refractivity contribution in [1.82, 2.24) is 14.9 Å². The Balaban J connectivity index is 1.64. The molecular formula is C19H27N3O2S2. The van der Waals surface area contributed by atoms with Crippen molar-refractivity contribution in [2.45, 2.75) is 58.1 Å². The lowest BCUT2D eigenvalue weighted by Gasteiger charge is -2.20. The summed E-state index contributed by atoms with van der Waals surface area (Å²) in [5.41, 5.74) is 1.20. The highest BCUT2D eigenvalue weighted by Crippen LogP contribution is 2.33. The van der Waals surface area contributed by atoms with Crippen molar-refractivity contribution in [1.29, 1.82) is 0 Å². The van der Waals surface area contributed by atoms with Gasteiger partial charge in [0, 0.05) is 18.0 Å². The number of hydrogen-bond acceptors (Lipinski definition) is 5. The Morgan fingerprint density at radius 3 is 2.88 bits per heavy atom. The summed E-state index contributed by atoms with van der Waals surface area (Å²) in [5.74, 6) is 1.84. The molecule has 0 bridgehead atoms. The van der Waals surface area contributed by atoms with Gasteiger partial charge in [0.05, 0.1) is 16.9 Å². The predicted octanol–water partition coefficient (Wildman–Crippen LogP) is 3.75. The van der Waals surface area contributed by atoms with Gasteiger partial charge in [-0.1, -0.05) is 13.3 Å². The molecule has 0 unspecified atom stereocenters. The SMILES string of the molecule is CCCCN(CC)C(=O)CSCc1nc2sc3c(c2c(=O)[nH]1)CCCC3. The molecule has 0 radical (unpaired) electrons. The van der Waals surface area contributed by atoms with Gasteiger partial charge in [-0.3, -0.25) is 9.59 Å². The number of aromatic nitrogens is 2. The Bertz CT molecular complexity index is 828. The van der Waals surface area contributed by atoms with Gasteiger partial charge >= 0.3 is 0 Å². The number of thioether (sulfide) groups is 1. The first kappa shape index (κ1) is 19.4. The van der Waals surface area contributed by atoms with Crippen LogP contribution in [0.4, 0.5) is 0 Å². The minimum atomic E-state index is -0.0190. The Kier molecular flexibility index (Phi) is 6.75. The maximum absolute atomic E-state index is 12.5. The monoisotopic (exact) mass is 393 g/mol. The summed E-state index contributed by atoms with van der Waals surface area (Å²) in [5, 5.41) is 0.797. The zero-order chi connectivity index (χ0) is 18.5. The van der Waals surface area contributed by atoms with Gasteiger partial charge in [-0.2, -0.15) is 0 Å². The molecule has 7 heteroatoms. The van der Waals surface area contributed by atoms with Gasteiger partial charge in [0.1, 0.15) is 10.7 Å². The Morgan fingerprint density at radius 2 is 2.12 bits per heavy atom. The van der Waals surface area contributed by atoms with E-state index >= 15 is 0 Å². The summed E-state index contributed by atoms with van der Waals surface area (Å²) in [6, 6.07) is 0. The number of hydrogen-bond donors (Lipinski definition) is 1. The zero-order valence-electron chi connectivity index (χ0n) is 15.6. The lowest BCUT2D eigenvalue weighted by Crippen LogP contribution is -2.33. The number of aryl methyl sites for hydroxylation is 2. The van der Waals surface area contributed by atoms with Crippen molar-refractivity contribution in [3.63, 3.8) is 0 Å². The van der Waals surface area contributed by atoms with Gasteiger partial charge in [0.25, 0.3) is 5.56 Å². The van der Waals surface area contributed by atoms with Crippen LogP contribution >= 0.6 is 23.1 Å². The third-order valence-corrected chi connectivity index (χ3v) is 6.97. The van der Waals surface area contributed by atoms with Crippen molar-refractivity contribution in [2.24, 2.45) is 0 Å². The van der Waals surface area contributed by atoms with Crippen molar-refractivity contribution in [3.8, 4) is 0 Å². The molecule has 0 fully saturated rings. The van der Waals surface area contributed by atoms with E-state index in [0.717, 1.165) is 55.4 Å². The minimum absolute atomic E-state index is 0.0190. The van der Waals surface area contributed by atoms with Gasteiger partial charge in [-0.25, -0.2) is 4.98 Å². The van der Waals surface area contributed by atoms with Gasteiger partial charge in [-0.05, 0) is 44.6 Å². The molecule has 5 nitrogen and oxygen atoms in total. The standard InChI is InChI=1S/C19H27N3O2S2/c1-3-5-10-22(4-2)16(23)12-25-11-15-20-18(24)17-13-8-6-7-9-14(13)26-19(17)21-15/h3-12H2,1-2H3,(H,20,21,24).